The first-order chi connectivity index (χ1) is 14.9. The van der Waals surface area contributed by atoms with E-state index in [0.29, 0.717) is 24.1 Å². The smallest absolute Gasteiger partial charge is 0.259 e. The number of nitro groups is 1. The molecule has 0 bridgehead atoms. The third-order valence-electron chi connectivity index (χ3n) is 4.71. The number of piperidine rings is 1. The number of nitrogens with zero attached hydrogens (tertiary/aromatic N) is 4. The number of benzene rings is 1. The van der Waals surface area contributed by atoms with E-state index in [1.54, 1.807) is 17.4 Å². The van der Waals surface area contributed by atoms with E-state index < -0.39 is 14.9 Å². The minimum absolute atomic E-state index is 0.0694. The van der Waals surface area contributed by atoms with E-state index in [4.69, 9.17) is 0 Å². The van der Waals surface area contributed by atoms with E-state index in [9.17, 15) is 18.5 Å². The highest BCUT2D eigenvalue weighted by Crippen LogP contribution is 2.35. The van der Waals surface area contributed by atoms with Gasteiger partial charge in [0, 0.05) is 24.0 Å². The summed E-state index contributed by atoms with van der Waals surface area (Å²) in [4.78, 5) is 16.6. The maximum atomic E-state index is 12.9. The molecule has 0 amide bonds. The second kappa shape index (κ2) is 9.30. The van der Waals surface area contributed by atoms with Gasteiger partial charge >= 0.3 is 0 Å². The predicted molar refractivity (Wildman–Crippen MR) is 119 cm³/mol. The van der Waals surface area contributed by atoms with Crippen molar-refractivity contribution in [2.24, 2.45) is 0 Å². The molecule has 0 radical (unpaired) electrons. The lowest BCUT2D eigenvalue weighted by Crippen LogP contribution is -2.35. The first-order valence-corrected chi connectivity index (χ1v) is 12.7. The van der Waals surface area contributed by atoms with Gasteiger partial charge in [-0.3, -0.25) is 15.2 Å². The number of nitro benzene ring substituents is 1. The Labute approximate surface area is 187 Å². The fraction of sp³-hybridized carbons (Fsp3) is 0.263. The minimum atomic E-state index is -3.76. The molecule has 0 saturated carbocycles. The number of aromatic nitrogens is 3. The highest BCUT2D eigenvalue weighted by molar-refractivity contribution is 7.99. The topological polar surface area (TPSA) is 122 Å². The summed E-state index contributed by atoms with van der Waals surface area (Å²) in [5.74, 6) is 0.517. The van der Waals surface area contributed by atoms with Crippen molar-refractivity contribution in [2.45, 2.75) is 34.2 Å². The summed E-state index contributed by atoms with van der Waals surface area (Å²) >= 11 is 2.60. The van der Waals surface area contributed by atoms with Crippen LogP contribution in [0.25, 0.3) is 12.2 Å². The average molecular weight is 478 g/mol. The van der Waals surface area contributed by atoms with Gasteiger partial charge in [-0.25, -0.2) is 13.4 Å². The predicted octanol–water partition coefficient (Wildman–Crippen LogP) is 4.27. The Hall–Kier alpha value is -2.54. The van der Waals surface area contributed by atoms with Gasteiger partial charge in [-0.15, -0.1) is 16.4 Å². The summed E-state index contributed by atoms with van der Waals surface area (Å²) in [6, 6.07) is 7.88. The summed E-state index contributed by atoms with van der Waals surface area (Å²) in [6.07, 6.45) is 6.24. The number of thiophene rings is 1. The summed E-state index contributed by atoms with van der Waals surface area (Å²) in [5, 5.41) is 20.8. The van der Waals surface area contributed by atoms with Crippen molar-refractivity contribution in [3.63, 3.8) is 0 Å². The van der Waals surface area contributed by atoms with E-state index >= 15 is 0 Å². The molecule has 2 aromatic heterocycles. The number of H-pyrrole nitrogens is 1. The second-order valence-corrected chi connectivity index (χ2v) is 10.7. The molecular formula is C19H19N5O4S3. The Balaban J connectivity index is 1.56. The first-order valence-electron chi connectivity index (χ1n) is 9.54. The lowest BCUT2D eigenvalue weighted by Gasteiger charge is -2.25. The zero-order valence-electron chi connectivity index (χ0n) is 16.3. The molecule has 3 heterocycles. The number of nitrogens with one attached hydrogen (secondary N) is 1. The summed E-state index contributed by atoms with van der Waals surface area (Å²) < 4.78 is 27.1. The molecule has 1 fully saturated rings. The normalized spacial score (nSPS) is 15.5. The largest absolute Gasteiger partial charge is 0.284 e. The lowest BCUT2D eigenvalue weighted by atomic mass is 10.2. The van der Waals surface area contributed by atoms with Crippen LogP contribution in [0.3, 0.4) is 0 Å². The van der Waals surface area contributed by atoms with Gasteiger partial charge in [0.05, 0.1) is 14.7 Å². The monoisotopic (exact) mass is 477 g/mol. The van der Waals surface area contributed by atoms with E-state index in [-0.39, 0.29) is 15.5 Å². The lowest BCUT2D eigenvalue weighted by molar-refractivity contribution is -0.388. The molecular weight excluding hydrogens is 458 g/mol. The molecule has 0 atom stereocenters. The Bertz CT molecular complexity index is 1200. The molecule has 4 rings (SSSR count). The Kier molecular flexibility index (Phi) is 6.51. The van der Waals surface area contributed by atoms with E-state index in [0.717, 1.165) is 42.0 Å². The molecule has 1 aliphatic heterocycles. The van der Waals surface area contributed by atoms with Gasteiger partial charge < -0.3 is 0 Å². The molecule has 1 aromatic carbocycles. The van der Waals surface area contributed by atoms with Crippen molar-refractivity contribution in [1.29, 1.82) is 0 Å². The molecule has 12 heteroatoms. The van der Waals surface area contributed by atoms with E-state index in [1.165, 1.54) is 16.4 Å². The number of hydrogen-bond donors (Lipinski definition) is 1. The van der Waals surface area contributed by atoms with Gasteiger partial charge in [0.15, 0.2) is 0 Å². The SMILES string of the molecule is O=[N+]([O-])c1cc(S(=O)(=O)N2CCCCC2)ccc1Sc1n[nH]c(C=Cc2cccs2)n1. The van der Waals surface area contributed by atoms with Crippen LogP contribution in [0.5, 0.6) is 0 Å². The van der Waals surface area contributed by atoms with E-state index in [1.807, 2.05) is 23.6 Å². The highest BCUT2D eigenvalue weighted by atomic mass is 32.2. The summed E-state index contributed by atoms with van der Waals surface area (Å²) in [6.45, 7) is 0.872. The van der Waals surface area contributed by atoms with Crippen LogP contribution in [0.2, 0.25) is 0 Å². The van der Waals surface area contributed by atoms with Crippen LogP contribution in [0, 0.1) is 10.1 Å². The third-order valence-corrected chi connectivity index (χ3v) is 8.37. The molecule has 162 valence electrons. The standard InChI is InChI=1S/C19H19N5O4S3/c25-24(26)16-13-15(31(27,28)23-10-2-1-3-11-23)7-8-17(16)30-19-20-18(21-22-19)9-6-14-5-4-12-29-14/h4-9,12-13H,1-3,10-11H2,(H,20,21,22). The molecule has 1 aliphatic rings. The molecule has 0 aliphatic carbocycles. The molecule has 0 spiro atoms. The van der Waals surface area contributed by atoms with Gasteiger partial charge in [-0.05, 0) is 60.3 Å². The third kappa shape index (κ3) is 5.03. The van der Waals surface area contributed by atoms with Crippen molar-refractivity contribution in [2.75, 3.05) is 13.1 Å². The number of hydrogen-bond acceptors (Lipinski definition) is 8. The fourth-order valence-electron chi connectivity index (χ4n) is 3.16. The van der Waals surface area contributed by atoms with Crippen molar-refractivity contribution >= 4 is 51.0 Å². The highest BCUT2D eigenvalue weighted by Gasteiger charge is 2.29. The Morgan fingerprint density at radius 1 is 1.19 bits per heavy atom. The maximum absolute atomic E-state index is 12.9. The van der Waals surface area contributed by atoms with Gasteiger partial charge in [-0.2, -0.15) is 4.31 Å². The average Bonchev–Trinajstić information content (AvgIpc) is 3.45. The summed E-state index contributed by atoms with van der Waals surface area (Å²) in [5.41, 5.74) is -0.288. The van der Waals surface area contributed by atoms with Crippen molar-refractivity contribution in [3.8, 4) is 0 Å². The molecule has 1 N–H and O–H groups in total. The van der Waals surface area contributed by atoms with Gasteiger partial charge in [0.2, 0.25) is 15.2 Å². The molecule has 3 aromatic rings. The van der Waals surface area contributed by atoms with Crippen LogP contribution in [0.1, 0.15) is 30.0 Å². The molecule has 0 unspecified atom stereocenters. The van der Waals surface area contributed by atoms with Crippen LogP contribution in [-0.4, -0.2) is 45.9 Å². The molecule has 9 nitrogen and oxygen atoms in total. The number of aromatic amines is 1. The van der Waals surface area contributed by atoms with Crippen LogP contribution >= 0.6 is 23.1 Å². The van der Waals surface area contributed by atoms with Gasteiger partial charge in [0.1, 0.15) is 5.82 Å². The Morgan fingerprint density at radius 2 is 2.00 bits per heavy atom. The Morgan fingerprint density at radius 3 is 2.71 bits per heavy atom. The van der Waals surface area contributed by atoms with Crippen molar-refractivity contribution in [3.05, 3.63) is 56.5 Å². The minimum Gasteiger partial charge on any atom is -0.259 e. The van der Waals surface area contributed by atoms with Crippen molar-refractivity contribution < 1.29 is 13.3 Å². The zero-order chi connectivity index (χ0) is 21.8. The van der Waals surface area contributed by atoms with Gasteiger partial charge in [0.25, 0.3) is 5.69 Å². The first kappa shape index (κ1) is 21.7. The van der Waals surface area contributed by atoms with Crippen LogP contribution in [0.4, 0.5) is 5.69 Å². The van der Waals surface area contributed by atoms with Crippen molar-refractivity contribution in [1.82, 2.24) is 19.5 Å². The fourth-order valence-corrected chi connectivity index (χ4v) is 6.13. The zero-order valence-corrected chi connectivity index (χ0v) is 18.8. The van der Waals surface area contributed by atoms with Gasteiger partial charge in [-0.1, -0.05) is 12.5 Å². The molecule has 1 saturated heterocycles. The number of rotatable bonds is 7. The summed E-state index contributed by atoms with van der Waals surface area (Å²) in [7, 11) is -3.76. The van der Waals surface area contributed by atoms with Crippen LogP contribution in [0.15, 0.2) is 50.7 Å². The second-order valence-electron chi connectivity index (χ2n) is 6.81. The van der Waals surface area contributed by atoms with Crippen LogP contribution < -0.4 is 0 Å². The maximum Gasteiger partial charge on any atom is 0.284 e. The quantitative estimate of drug-likeness (QED) is 0.398. The van der Waals surface area contributed by atoms with E-state index in [2.05, 4.69) is 15.2 Å². The van der Waals surface area contributed by atoms with Crippen LogP contribution in [-0.2, 0) is 10.0 Å². The molecule has 31 heavy (non-hydrogen) atoms. The number of sulfonamides is 1.